The Balaban J connectivity index is 1.28. The van der Waals surface area contributed by atoms with Crippen LogP contribution in [0.15, 0.2) is 91.0 Å². The minimum atomic E-state index is -0.594. The molecular weight excluding hydrogens is 582 g/mol. The van der Waals surface area contributed by atoms with Crippen molar-refractivity contribution in [1.82, 2.24) is 4.90 Å². The third-order valence-electron chi connectivity index (χ3n) is 9.17. The van der Waals surface area contributed by atoms with Crippen LogP contribution in [0.5, 0.6) is 5.75 Å². The Morgan fingerprint density at radius 2 is 1.36 bits per heavy atom. The third kappa shape index (κ3) is 9.33. The molecule has 2 unspecified atom stereocenters. The topological polar surface area (TPSA) is 48.0 Å². The average molecular weight is 634 g/mol. The summed E-state index contributed by atoms with van der Waals surface area (Å²) in [5.74, 6) is 0.504. The van der Waals surface area contributed by atoms with E-state index in [2.05, 4.69) is 85.6 Å². The number of carbonyl (C=O) groups is 1. The Bertz CT molecular complexity index is 1570. The highest BCUT2D eigenvalue weighted by Gasteiger charge is 2.27. The molecule has 0 heterocycles. The monoisotopic (exact) mass is 633 g/mol. The molecule has 0 N–H and O–H groups in total. The van der Waals surface area contributed by atoms with Crippen molar-refractivity contribution in [2.45, 2.75) is 77.9 Å². The molecule has 0 aromatic heterocycles. The van der Waals surface area contributed by atoms with Crippen molar-refractivity contribution in [2.24, 2.45) is 0 Å². The first-order valence-corrected chi connectivity index (χ1v) is 17.5. The molecule has 5 rings (SSSR count). The molecule has 0 spiro atoms. The van der Waals surface area contributed by atoms with E-state index in [9.17, 15) is 4.79 Å². The van der Waals surface area contributed by atoms with E-state index in [1.54, 1.807) is 0 Å². The number of benzene rings is 4. The molecule has 0 aliphatic heterocycles. The van der Waals surface area contributed by atoms with Gasteiger partial charge in [0.1, 0.15) is 12.4 Å². The van der Waals surface area contributed by atoms with Gasteiger partial charge in [0.25, 0.3) is 0 Å². The summed E-state index contributed by atoms with van der Waals surface area (Å²) in [4.78, 5) is 14.7. The summed E-state index contributed by atoms with van der Waals surface area (Å²) in [6.45, 7) is 8.12. The van der Waals surface area contributed by atoms with Crippen LogP contribution < -0.4 is 4.74 Å². The zero-order valence-corrected chi connectivity index (χ0v) is 28.7. The van der Waals surface area contributed by atoms with Gasteiger partial charge in [0.2, 0.25) is 0 Å². The average Bonchev–Trinajstić information content (AvgIpc) is 3.25. The summed E-state index contributed by atoms with van der Waals surface area (Å²) in [7, 11) is 2.22. The van der Waals surface area contributed by atoms with Crippen LogP contribution in [0.4, 0.5) is 0 Å². The number of likely N-dealkylation sites (N-methyl/N-ethyl adjacent to an activating group) is 1. The van der Waals surface area contributed by atoms with Crippen molar-refractivity contribution in [3.05, 3.63) is 136 Å². The van der Waals surface area contributed by atoms with Gasteiger partial charge in [-0.3, -0.25) is 4.90 Å². The first-order valence-electron chi connectivity index (χ1n) is 17.5. The molecule has 1 aliphatic carbocycles. The number of hydrogen-bond acceptors (Lipinski definition) is 5. The summed E-state index contributed by atoms with van der Waals surface area (Å²) >= 11 is 0. The predicted octanol–water partition coefficient (Wildman–Crippen LogP) is 8.13. The van der Waals surface area contributed by atoms with Crippen LogP contribution in [0.1, 0.15) is 77.7 Å². The summed E-state index contributed by atoms with van der Waals surface area (Å²) in [6.07, 6.45) is 6.39. The minimum Gasteiger partial charge on any atom is -0.492 e. The molecule has 47 heavy (non-hydrogen) atoms. The lowest BCUT2D eigenvalue weighted by Gasteiger charge is -2.31. The zero-order chi connectivity index (χ0) is 33.0. The van der Waals surface area contributed by atoms with Crippen LogP contribution in [0, 0.1) is 0 Å². The normalized spacial score (nSPS) is 14.6. The summed E-state index contributed by atoms with van der Waals surface area (Å²) in [6, 6.07) is 33.3. The Morgan fingerprint density at radius 3 is 1.98 bits per heavy atom. The lowest BCUT2D eigenvalue weighted by atomic mass is 9.90. The number of nitrogens with zero attached hydrogens (tertiary/aromatic N) is 1. The van der Waals surface area contributed by atoms with Crippen LogP contribution in [-0.4, -0.2) is 50.4 Å². The van der Waals surface area contributed by atoms with Gasteiger partial charge in [-0.1, -0.05) is 92.2 Å². The van der Waals surface area contributed by atoms with E-state index in [-0.39, 0.29) is 12.0 Å². The third-order valence-corrected chi connectivity index (χ3v) is 9.17. The fourth-order valence-electron chi connectivity index (χ4n) is 6.75. The number of fused-ring (bicyclic) bond motifs is 2. The molecule has 0 saturated carbocycles. The second-order valence-electron chi connectivity index (χ2n) is 12.6. The van der Waals surface area contributed by atoms with Gasteiger partial charge in [-0.2, -0.15) is 0 Å². The number of carbonyl (C=O) groups excluding carboxylic acids is 1. The summed E-state index contributed by atoms with van der Waals surface area (Å²) in [5.41, 5.74) is 11.0. The highest BCUT2D eigenvalue weighted by Crippen LogP contribution is 2.37. The molecule has 0 amide bonds. The second kappa shape index (κ2) is 17.3. The molecule has 5 heteroatoms. The van der Waals surface area contributed by atoms with Gasteiger partial charge in [0.05, 0.1) is 12.6 Å². The van der Waals surface area contributed by atoms with Crippen molar-refractivity contribution in [1.29, 1.82) is 0 Å². The van der Waals surface area contributed by atoms with Crippen LogP contribution in [0.3, 0.4) is 0 Å². The molecule has 5 nitrogen and oxygen atoms in total. The molecule has 0 fully saturated rings. The largest absolute Gasteiger partial charge is 0.492 e. The summed E-state index contributed by atoms with van der Waals surface area (Å²) < 4.78 is 17.1. The molecule has 0 radical (unpaired) electrons. The van der Waals surface area contributed by atoms with Gasteiger partial charge >= 0.3 is 5.97 Å². The van der Waals surface area contributed by atoms with Crippen molar-refractivity contribution < 1.29 is 19.0 Å². The fourth-order valence-corrected chi connectivity index (χ4v) is 6.75. The molecule has 4 aromatic carbocycles. The van der Waals surface area contributed by atoms with Crippen molar-refractivity contribution >= 4 is 5.97 Å². The Hall–Kier alpha value is -3.93. The van der Waals surface area contributed by atoms with E-state index >= 15 is 0 Å². The van der Waals surface area contributed by atoms with E-state index in [0.29, 0.717) is 26.2 Å². The van der Waals surface area contributed by atoms with Crippen LogP contribution in [-0.2, 0) is 52.8 Å². The predicted molar refractivity (Wildman–Crippen MR) is 190 cm³/mol. The van der Waals surface area contributed by atoms with Crippen LogP contribution in [0.2, 0.25) is 0 Å². The molecule has 4 aromatic rings. The quantitative estimate of drug-likeness (QED) is 0.117. The maximum Gasteiger partial charge on any atom is 0.335 e. The molecule has 2 atom stereocenters. The van der Waals surface area contributed by atoms with E-state index < -0.39 is 6.10 Å². The van der Waals surface area contributed by atoms with Gasteiger partial charge in [-0.25, -0.2) is 4.79 Å². The Kier molecular flexibility index (Phi) is 12.7. The van der Waals surface area contributed by atoms with Crippen molar-refractivity contribution in [3.63, 3.8) is 0 Å². The van der Waals surface area contributed by atoms with Crippen LogP contribution >= 0.6 is 0 Å². The van der Waals surface area contributed by atoms with Gasteiger partial charge in [-0.05, 0) is 110 Å². The lowest BCUT2D eigenvalue weighted by Crippen LogP contribution is -2.30. The molecule has 1 aliphatic rings. The van der Waals surface area contributed by atoms with Crippen LogP contribution in [0.25, 0.3) is 0 Å². The van der Waals surface area contributed by atoms with Gasteiger partial charge in [-0.15, -0.1) is 0 Å². The van der Waals surface area contributed by atoms with Crippen molar-refractivity contribution in [2.75, 3.05) is 33.4 Å². The maximum atomic E-state index is 12.3. The highest BCUT2D eigenvalue weighted by atomic mass is 16.6. The molecule has 0 saturated heterocycles. The van der Waals surface area contributed by atoms with Crippen molar-refractivity contribution in [3.8, 4) is 5.75 Å². The SMILES string of the molecule is CCCc1ccc2c(c1)CCc1cc(CCc3ccccc3)ccc1C2N(C)CCOc1ccc(CC(OCC)C(=O)OCC)cc1. The van der Waals surface area contributed by atoms with E-state index in [1.165, 1.54) is 38.9 Å². The Morgan fingerprint density at radius 1 is 0.745 bits per heavy atom. The smallest absolute Gasteiger partial charge is 0.335 e. The van der Waals surface area contributed by atoms with Gasteiger partial charge in [0.15, 0.2) is 6.10 Å². The highest BCUT2D eigenvalue weighted by molar-refractivity contribution is 5.75. The second-order valence-corrected chi connectivity index (χ2v) is 12.6. The number of rotatable bonds is 16. The number of hydrogen-bond donors (Lipinski definition) is 0. The van der Waals surface area contributed by atoms with Gasteiger partial charge in [0, 0.05) is 19.6 Å². The zero-order valence-electron chi connectivity index (χ0n) is 28.7. The van der Waals surface area contributed by atoms with E-state index in [0.717, 1.165) is 56.4 Å². The number of esters is 1. The molecule has 248 valence electrons. The van der Waals surface area contributed by atoms with Gasteiger partial charge < -0.3 is 14.2 Å². The maximum absolute atomic E-state index is 12.3. The lowest BCUT2D eigenvalue weighted by molar-refractivity contribution is -0.156. The minimum absolute atomic E-state index is 0.172. The molecular formula is C42H51NO4. The van der Waals surface area contributed by atoms with E-state index in [1.807, 2.05) is 38.1 Å². The Labute approximate surface area is 281 Å². The van der Waals surface area contributed by atoms with E-state index in [4.69, 9.17) is 14.2 Å². The first kappa shape index (κ1) is 34.4. The summed E-state index contributed by atoms with van der Waals surface area (Å²) in [5, 5.41) is 0. The fraction of sp³-hybridized carbons (Fsp3) is 0.405. The standard InChI is InChI=1S/C42H51NO4/c1-5-11-32-18-24-38-35(28-32)20-21-36-29-33(15-14-31-12-9-8-10-13-31)19-25-39(36)41(38)43(4)26-27-47-37-22-16-34(17-23-37)30-40(45-6-2)42(44)46-7-3/h8-10,12-13,16-19,22-25,28-29,40-41H,5-7,11,14-15,20-21,26-27,30H2,1-4H3. The first-order chi connectivity index (χ1) is 23.0. The number of aryl methyl sites for hydroxylation is 5. The number of ether oxygens (including phenoxy) is 3. The molecule has 0 bridgehead atoms.